The van der Waals surface area contributed by atoms with Crippen LogP contribution in [0, 0.1) is 6.92 Å². The summed E-state index contributed by atoms with van der Waals surface area (Å²) >= 11 is 0. The van der Waals surface area contributed by atoms with Gasteiger partial charge in [0.05, 0.1) is 0 Å². The minimum atomic E-state index is -4.64. The van der Waals surface area contributed by atoms with Gasteiger partial charge in [-0.05, 0) is 36.8 Å². The lowest BCUT2D eigenvalue weighted by Gasteiger charge is -2.12. The van der Waals surface area contributed by atoms with E-state index >= 15 is 0 Å². The minimum absolute atomic E-state index is 0.855. The molecule has 5 nitrogen and oxygen atoms in total. The molecular weight excluding hydrogens is 339 g/mol. The summed E-state index contributed by atoms with van der Waals surface area (Å²) in [6.07, 6.45) is 0. The van der Waals surface area contributed by atoms with Gasteiger partial charge in [0.1, 0.15) is 11.5 Å². The van der Waals surface area contributed by atoms with Gasteiger partial charge in [0.2, 0.25) is 0 Å². The van der Waals surface area contributed by atoms with Gasteiger partial charge in [0.25, 0.3) is 0 Å². The van der Waals surface area contributed by atoms with Crippen molar-refractivity contribution in [2.45, 2.75) is 6.92 Å². The van der Waals surface area contributed by atoms with Crippen molar-refractivity contribution in [3.05, 3.63) is 84.4 Å². The second-order valence-corrected chi connectivity index (χ2v) is 6.32. The largest absolute Gasteiger partial charge is 0.466 e. The number of para-hydroxylation sites is 1. The summed E-state index contributed by atoms with van der Waals surface area (Å²) in [5.74, 6) is 1.74. The molecule has 130 valence electrons. The van der Waals surface area contributed by atoms with E-state index in [2.05, 4.69) is 31.2 Å². The Kier molecular flexibility index (Phi) is 6.51. The first kappa shape index (κ1) is 18.9. The van der Waals surface area contributed by atoms with Crippen LogP contribution in [0.3, 0.4) is 0 Å². The second kappa shape index (κ2) is 8.60. The Bertz CT molecular complexity index is 836. The van der Waals surface area contributed by atoms with Crippen LogP contribution in [-0.2, 0) is 4.57 Å². The van der Waals surface area contributed by atoms with Crippen molar-refractivity contribution in [1.82, 2.24) is 0 Å². The first-order valence-corrected chi connectivity index (χ1v) is 9.07. The lowest BCUT2D eigenvalue weighted by molar-refractivity contribution is 0.275. The first-order valence-electron chi connectivity index (χ1n) is 7.50. The summed E-state index contributed by atoms with van der Waals surface area (Å²) in [6.45, 7) is 2.10. The van der Waals surface area contributed by atoms with E-state index in [0.717, 1.165) is 17.1 Å². The molecule has 0 radical (unpaired) electrons. The molecule has 0 aliphatic carbocycles. The summed E-state index contributed by atoms with van der Waals surface area (Å²) in [4.78, 5) is 21.6. The predicted octanol–water partition coefficient (Wildman–Crippen LogP) is 4.53. The zero-order chi connectivity index (χ0) is 18.3. The van der Waals surface area contributed by atoms with Crippen molar-refractivity contribution >= 4 is 7.82 Å². The average Bonchev–Trinajstić information content (AvgIpc) is 2.57. The Labute approximate surface area is 146 Å². The Morgan fingerprint density at radius 2 is 1.32 bits per heavy atom. The van der Waals surface area contributed by atoms with Crippen LogP contribution < -0.4 is 4.74 Å². The molecule has 0 spiro atoms. The number of rotatable bonds is 3. The maximum absolute atomic E-state index is 8.88. The molecule has 25 heavy (non-hydrogen) atoms. The van der Waals surface area contributed by atoms with Gasteiger partial charge in [-0.25, -0.2) is 4.57 Å². The second-order valence-electron chi connectivity index (χ2n) is 5.29. The highest BCUT2D eigenvalue weighted by molar-refractivity contribution is 7.45. The standard InChI is InChI=1S/C19H16O.H3O4P/c1-15-12-13-19(20-17-10-6-3-7-11-17)18(14-15)16-8-4-2-5-9-16;1-5(2,3)4/h2-14H,1H3;(H3,1,2,3,4). The summed E-state index contributed by atoms with van der Waals surface area (Å²) in [5.41, 5.74) is 3.51. The fourth-order valence-electron chi connectivity index (χ4n) is 2.19. The van der Waals surface area contributed by atoms with Crippen molar-refractivity contribution in [1.29, 1.82) is 0 Å². The highest BCUT2D eigenvalue weighted by Gasteiger charge is 2.07. The van der Waals surface area contributed by atoms with E-state index in [9.17, 15) is 0 Å². The summed E-state index contributed by atoms with van der Waals surface area (Å²) in [5, 5.41) is 0. The maximum atomic E-state index is 8.88. The van der Waals surface area contributed by atoms with Gasteiger partial charge >= 0.3 is 7.82 Å². The van der Waals surface area contributed by atoms with E-state index in [1.165, 1.54) is 11.1 Å². The van der Waals surface area contributed by atoms with Crippen LogP contribution in [0.15, 0.2) is 78.9 Å². The molecule has 0 aliphatic rings. The van der Waals surface area contributed by atoms with E-state index in [4.69, 9.17) is 24.0 Å². The summed E-state index contributed by atoms with van der Waals surface area (Å²) in [7, 11) is -4.64. The Morgan fingerprint density at radius 3 is 1.88 bits per heavy atom. The van der Waals surface area contributed by atoms with Crippen LogP contribution in [0.5, 0.6) is 11.5 Å². The number of benzene rings is 3. The molecule has 3 N–H and O–H groups in total. The third-order valence-corrected chi connectivity index (χ3v) is 3.19. The van der Waals surface area contributed by atoms with Gasteiger partial charge in [-0.15, -0.1) is 0 Å². The SMILES string of the molecule is Cc1ccc(Oc2ccccc2)c(-c2ccccc2)c1.O=P(O)(O)O. The molecule has 0 aliphatic heterocycles. The molecule has 0 bridgehead atoms. The van der Waals surface area contributed by atoms with E-state index in [0.29, 0.717) is 0 Å². The molecule has 0 saturated heterocycles. The molecule has 3 rings (SSSR count). The van der Waals surface area contributed by atoms with Crippen LogP contribution in [0.4, 0.5) is 0 Å². The van der Waals surface area contributed by atoms with Crippen molar-refractivity contribution < 1.29 is 24.0 Å². The third-order valence-electron chi connectivity index (χ3n) is 3.19. The van der Waals surface area contributed by atoms with Crippen LogP contribution >= 0.6 is 7.82 Å². The number of ether oxygens (including phenoxy) is 1. The Hall–Kier alpha value is -2.43. The van der Waals surface area contributed by atoms with E-state index in [-0.39, 0.29) is 0 Å². The molecule has 0 unspecified atom stereocenters. The molecule has 3 aromatic rings. The number of aryl methyl sites for hydroxylation is 1. The van der Waals surface area contributed by atoms with Gasteiger partial charge in [0.15, 0.2) is 0 Å². The Balaban J connectivity index is 0.000000399. The fraction of sp³-hybridized carbons (Fsp3) is 0.0526. The van der Waals surface area contributed by atoms with Crippen LogP contribution in [0.25, 0.3) is 11.1 Å². The van der Waals surface area contributed by atoms with Gasteiger partial charge < -0.3 is 19.4 Å². The zero-order valence-corrected chi connectivity index (χ0v) is 14.5. The normalized spacial score (nSPS) is 10.6. The number of hydrogen-bond acceptors (Lipinski definition) is 2. The van der Waals surface area contributed by atoms with Crippen molar-refractivity contribution in [3.8, 4) is 22.6 Å². The first-order chi connectivity index (χ1) is 11.8. The molecule has 0 heterocycles. The monoisotopic (exact) mass is 358 g/mol. The lowest BCUT2D eigenvalue weighted by Crippen LogP contribution is -1.89. The smallest absolute Gasteiger partial charge is 0.457 e. The van der Waals surface area contributed by atoms with Gasteiger partial charge in [-0.3, -0.25) is 0 Å². The molecule has 0 aromatic heterocycles. The average molecular weight is 358 g/mol. The van der Waals surface area contributed by atoms with E-state index in [1.54, 1.807) is 0 Å². The fourth-order valence-corrected chi connectivity index (χ4v) is 2.19. The number of hydrogen-bond donors (Lipinski definition) is 3. The predicted molar refractivity (Wildman–Crippen MR) is 97.4 cm³/mol. The van der Waals surface area contributed by atoms with Crippen molar-refractivity contribution in [2.75, 3.05) is 0 Å². The summed E-state index contributed by atoms with van der Waals surface area (Å²) < 4.78 is 14.9. The highest BCUT2D eigenvalue weighted by Crippen LogP contribution is 2.33. The van der Waals surface area contributed by atoms with Gasteiger partial charge in [-0.1, -0.05) is 60.2 Å². The van der Waals surface area contributed by atoms with Gasteiger partial charge in [0, 0.05) is 5.56 Å². The van der Waals surface area contributed by atoms with E-state index in [1.807, 2.05) is 54.6 Å². The van der Waals surface area contributed by atoms with E-state index < -0.39 is 7.82 Å². The zero-order valence-electron chi connectivity index (χ0n) is 13.6. The van der Waals surface area contributed by atoms with Crippen LogP contribution in [0.2, 0.25) is 0 Å². The lowest BCUT2D eigenvalue weighted by atomic mass is 10.0. The molecule has 6 heteroatoms. The molecule has 0 amide bonds. The number of phosphoric acid groups is 1. The molecule has 0 atom stereocenters. The van der Waals surface area contributed by atoms with Gasteiger partial charge in [-0.2, -0.15) is 0 Å². The third kappa shape index (κ3) is 6.91. The molecule has 3 aromatic carbocycles. The molecule has 0 saturated carbocycles. The van der Waals surface area contributed by atoms with Crippen LogP contribution in [-0.4, -0.2) is 14.7 Å². The van der Waals surface area contributed by atoms with Crippen molar-refractivity contribution in [2.24, 2.45) is 0 Å². The topological polar surface area (TPSA) is 87.0 Å². The Morgan fingerprint density at radius 1 is 0.800 bits per heavy atom. The van der Waals surface area contributed by atoms with Crippen LogP contribution in [0.1, 0.15) is 5.56 Å². The highest BCUT2D eigenvalue weighted by atomic mass is 31.2. The molecular formula is C19H19O5P. The minimum Gasteiger partial charge on any atom is -0.457 e. The molecule has 0 fully saturated rings. The quantitative estimate of drug-likeness (QED) is 0.599. The van der Waals surface area contributed by atoms with Crippen molar-refractivity contribution in [3.63, 3.8) is 0 Å². The maximum Gasteiger partial charge on any atom is 0.466 e. The summed E-state index contributed by atoms with van der Waals surface area (Å²) in [6, 6.07) is 26.5.